The summed E-state index contributed by atoms with van der Waals surface area (Å²) in [6.45, 7) is 3.49. The lowest BCUT2D eigenvalue weighted by Crippen LogP contribution is -2.44. The molecule has 4 N–H and O–H groups in total. The summed E-state index contributed by atoms with van der Waals surface area (Å²) in [4.78, 5) is 14.9. The molecule has 0 spiro atoms. The van der Waals surface area contributed by atoms with Crippen molar-refractivity contribution in [1.82, 2.24) is 4.98 Å². The molecule has 20 heavy (non-hydrogen) atoms. The molecule has 1 aromatic carbocycles. The number of hydrogen-bond acceptors (Lipinski definition) is 5. The zero-order chi connectivity index (χ0) is 15.1. The van der Waals surface area contributed by atoms with Crippen molar-refractivity contribution in [1.29, 1.82) is 0 Å². The fraction of sp³-hybridized carbons (Fsp3) is 0.308. The van der Waals surface area contributed by atoms with Crippen LogP contribution in [0, 0.1) is 10.1 Å². The molecule has 2 rings (SSSR count). The number of halogens is 1. The Morgan fingerprint density at radius 1 is 1.45 bits per heavy atom. The molecule has 106 valence electrons. The smallest absolute Gasteiger partial charge is 0.293 e. The zero-order valence-corrected chi connectivity index (χ0v) is 12.7. The number of rotatable bonds is 3. The Morgan fingerprint density at radius 3 is 2.65 bits per heavy atom. The third-order valence-electron chi connectivity index (χ3n) is 3.16. The fourth-order valence-corrected chi connectivity index (χ4v) is 2.37. The first-order valence-corrected chi connectivity index (χ1v) is 6.78. The lowest BCUT2D eigenvalue weighted by Gasteiger charge is -2.27. The largest absolute Gasteiger partial charge is 0.324 e. The molecule has 0 fully saturated rings. The van der Waals surface area contributed by atoms with Crippen LogP contribution in [0.1, 0.15) is 25.5 Å². The molecular weight excluding hydrogens is 324 g/mol. The predicted molar refractivity (Wildman–Crippen MR) is 81.3 cm³/mol. The second-order valence-corrected chi connectivity index (χ2v) is 6.19. The Hall–Kier alpha value is -1.57. The highest BCUT2D eigenvalue weighted by molar-refractivity contribution is 9.10. The molecule has 0 bridgehead atoms. The second-order valence-electron chi connectivity index (χ2n) is 5.27. The molecule has 0 amide bonds. The number of nitrogens with two attached hydrogens (primary N) is 2. The third-order valence-corrected chi connectivity index (χ3v) is 3.65. The normalized spacial score (nSPS) is 13.4. The van der Waals surface area contributed by atoms with Gasteiger partial charge in [0.2, 0.25) is 0 Å². The van der Waals surface area contributed by atoms with E-state index in [0.717, 1.165) is 4.47 Å². The summed E-state index contributed by atoms with van der Waals surface area (Å²) >= 11 is 3.35. The summed E-state index contributed by atoms with van der Waals surface area (Å²) in [6.07, 6.45) is 1.23. The molecule has 0 saturated carbocycles. The molecule has 0 aliphatic carbocycles. The third kappa shape index (κ3) is 2.65. The summed E-state index contributed by atoms with van der Waals surface area (Å²) in [6, 6.07) is 4.68. The molecule has 0 saturated heterocycles. The highest BCUT2D eigenvalue weighted by Crippen LogP contribution is 2.35. The molecule has 1 heterocycles. The SMILES string of the molecule is CC(C)(N)C(N)c1c([N+](=O)[O-])cnc2cc(Br)ccc12. The Labute approximate surface area is 124 Å². The topological polar surface area (TPSA) is 108 Å². The van der Waals surface area contributed by atoms with Crippen molar-refractivity contribution in [3.05, 3.63) is 44.5 Å². The van der Waals surface area contributed by atoms with Crippen LogP contribution in [0.15, 0.2) is 28.9 Å². The zero-order valence-electron chi connectivity index (χ0n) is 11.1. The van der Waals surface area contributed by atoms with Crippen LogP contribution in [0.5, 0.6) is 0 Å². The van der Waals surface area contributed by atoms with Gasteiger partial charge in [0.25, 0.3) is 5.69 Å². The van der Waals surface area contributed by atoms with Crippen LogP contribution < -0.4 is 11.5 Å². The van der Waals surface area contributed by atoms with Crippen LogP contribution in [0.2, 0.25) is 0 Å². The van der Waals surface area contributed by atoms with Crippen molar-refractivity contribution < 1.29 is 4.92 Å². The van der Waals surface area contributed by atoms with Gasteiger partial charge in [0.15, 0.2) is 0 Å². The monoisotopic (exact) mass is 338 g/mol. The number of aromatic nitrogens is 1. The van der Waals surface area contributed by atoms with Gasteiger partial charge in [0.1, 0.15) is 6.20 Å². The quantitative estimate of drug-likeness (QED) is 0.660. The van der Waals surface area contributed by atoms with Crippen molar-refractivity contribution in [2.24, 2.45) is 11.5 Å². The van der Waals surface area contributed by atoms with E-state index >= 15 is 0 Å². The summed E-state index contributed by atoms with van der Waals surface area (Å²) < 4.78 is 0.845. The van der Waals surface area contributed by atoms with Crippen molar-refractivity contribution in [2.75, 3.05) is 0 Å². The Morgan fingerprint density at radius 2 is 2.10 bits per heavy atom. The van der Waals surface area contributed by atoms with Gasteiger partial charge in [-0.3, -0.25) is 10.1 Å². The van der Waals surface area contributed by atoms with E-state index in [9.17, 15) is 10.1 Å². The minimum absolute atomic E-state index is 0.106. The number of hydrogen-bond donors (Lipinski definition) is 2. The van der Waals surface area contributed by atoms with E-state index < -0.39 is 16.5 Å². The maximum absolute atomic E-state index is 11.2. The number of benzene rings is 1. The highest BCUT2D eigenvalue weighted by atomic mass is 79.9. The lowest BCUT2D eigenvalue weighted by molar-refractivity contribution is -0.386. The van der Waals surface area contributed by atoms with Gasteiger partial charge in [0, 0.05) is 15.4 Å². The molecule has 1 aromatic heterocycles. The first-order chi connectivity index (χ1) is 9.21. The maximum Gasteiger partial charge on any atom is 0.293 e. The van der Waals surface area contributed by atoms with Crippen LogP contribution in [-0.2, 0) is 0 Å². The minimum atomic E-state index is -0.786. The van der Waals surface area contributed by atoms with Gasteiger partial charge in [-0.25, -0.2) is 4.98 Å². The van der Waals surface area contributed by atoms with E-state index in [1.165, 1.54) is 6.20 Å². The Balaban J connectivity index is 2.82. The van der Waals surface area contributed by atoms with E-state index in [4.69, 9.17) is 11.5 Å². The number of nitro groups is 1. The molecular formula is C13H15BrN4O2. The predicted octanol–water partition coefficient (Wildman–Crippen LogP) is 2.64. The Kier molecular flexibility index (Phi) is 3.77. The highest BCUT2D eigenvalue weighted by Gasteiger charge is 2.31. The van der Waals surface area contributed by atoms with E-state index in [1.54, 1.807) is 32.0 Å². The van der Waals surface area contributed by atoms with Crippen LogP contribution in [0.3, 0.4) is 0 Å². The number of fused-ring (bicyclic) bond motifs is 1. The first-order valence-electron chi connectivity index (χ1n) is 5.99. The van der Waals surface area contributed by atoms with Crippen molar-refractivity contribution in [3.8, 4) is 0 Å². The Bertz CT molecular complexity index is 682. The number of nitrogens with zero attached hydrogens (tertiary/aromatic N) is 2. The molecule has 6 nitrogen and oxygen atoms in total. The van der Waals surface area contributed by atoms with E-state index in [0.29, 0.717) is 16.5 Å². The van der Waals surface area contributed by atoms with Gasteiger partial charge in [-0.05, 0) is 26.0 Å². The van der Waals surface area contributed by atoms with Crippen LogP contribution in [0.25, 0.3) is 10.9 Å². The standard InChI is InChI=1S/C13H15BrN4O2/c1-13(2,16)12(15)11-8-4-3-7(14)5-9(8)17-6-10(11)18(19)20/h3-6,12H,15-16H2,1-2H3. The lowest BCUT2D eigenvalue weighted by atomic mass is 9.87. The van der Waals surface area contributed by atoms with Crippen LogP contribution >= 0.6 is 15.9 Å². The summed E-state index contributed by atoms with van der Waals surface area (Å²) in [7, 11) is 0. The summed E-state index contributed by atoms with van der Waals surface area (Å²) in [5.74, 6) is 0. The molecule has 0 radical (unpaired) electrons. The minimum Gasteiger partial charge on any atom is -0.324 e. The average molecular weight is 339 g/mol. The van der Waals surface area contributed by atoms with Crippen LogP contribution in [0.4, 0.5) is 5.69 Å². The fourth-order valence-electron chi connectivity index (χ4n) is 2.02. The molecule has 2 aromatic rings. The number of pyridine rings is 1. The van der Waals surface area contributed by atoms with E-state index in [1.807, 2.05) is 0 Å². The van der Waals surface area contributed by atoms with Crippen molar-refractivity contribution >= 4 is 32.5 Å². The van der Waals surface area contributed by atoms with E-state index in [2.05, 4.69) is 20.9 Å². The summed E-state index contributed by atoms with van der Waals surface area (Å²) in [5.41, 5.74) is 12.3. The molecule has 0 aliphatic rings. The van der Waals surface area contributed by atoms with Gasteiger partial charge in [-0.2, -0.15) is 0 Å². The molecule has 0 aliphatic heterocycles. The van der Waals surface area contributed by atoms with E-state index in [-0.39, 0.29) is 5.69 Å². The summed E-state index contributed by atoms with van der Waals surface area (Å²) in [5, 5.41) is 11.9. The second kappa shape index (κ2) is 5.08. The van der Waals surface area contributed by atoms with Gasteiger partial charge in [-0.15, -0.1) is 0 Å². The van der Waals surface area contributed by atoms with Crippen molar-refractivity contribution in [3.63, 3.8) is 0 Å². The van der Waals surface area contributed by atoms with Gasteiger partial charge < -0.3 is 11.5 Å². The molecule has 7 heteroatoms. The van der Waals surface area contributed by atoms with Crippen molar-refractivity contribution in [2.45, 2.75) is 25.4 Å². The van der Waals surface area contributed by atoms with Gasteiger partial charge >= 0.3 is 0 Å². The van der Waals surface area contributed by atoms with Gasteiger partial charge in [0.05, 0.1) is 22.0 Å². The molecule has 1 unspecified atom stereocenters. The van der Waals surface area contributed by atoms with Crippen LogP contribution in [-0.4, -0.2) is 15.4 Å². The molecule has 1 atom stereocenters. The first kappa shape index (κ1) is 14.8. The average Bonchev–Trinajstić information content (AvgIpc) is 2.34. The van der Waals surface area contributed by atoms with Gasteiger partial charge in [-0.1, -0.05) is 22.0 Å². The maximum atomic E-state index is 11.2.